The maximum Gasteiger partial charge on any atom is 0.251 e. The molecular formula is C17H17BrN2O2S2. The van der Waals surface area contributed by atoms with E-state index in [1.165, 1.54) is 0 Å². The average Bonchev–Trinajstić information content (AvgIpc) is 3.14. The average molecular weight is 425 g/mol. The van der Waals surface area contributed by atoms with Crippen LogP contribution in [0.3, 0.4) is 0 Å². The number of carbonyl (C=O) groups is 1. The van der Waals surface area contributed by atoms with E-state index in [1.807, 2.05) is 42.7 Å². The lowest BCUT2D eigenvalue weighted by Crippen LogP contribution is -2.31. The van der Waals surface area contributed by atoms with Gasteiger partial charge in [-0.3, -0.25) is 9.69 Å². The highest BCUT2D eigenvalue weighted by atomic mass is 79.9. The molecule has 0 bridgehead atoms. The number of hydrogen-bond acceptors (Lipinski definition) is 4. The minimum Gasteiger partial charge on any atom is -0.459 e. The third kappa shape index (κ3) is 3.84. The van der Waals surface area contributed by atoms with Crippen LogP contribution >= 0.6 is 39.9 Å². The number of thioether (sulfide) groups is 1. The third-order valence-corrected chi connectivity index (χ3v) is 5.33. The first kappa shape index (κ1) is 17.5. The molecule has 2 heterocycles. The van der Waals surface area contributed by atoms with Gasteiger partial charge < -0.3 is 9.73 Å². The van der Waals surface area contributed by atoms with Gasteiger partial charge in [0.1, 0.15) is 17.6 Å². The van der Waals surface area contributed by atoms with E-state index >= 15 is 0 Å². The summed E-state index contributed by atoms with van der Waals surface area (Å²) in [5.74, 6) is 2.45. The Morgan fingerprint density at radius 2 is 2.04 bits per heavy atom. The second-order valence-corrected chi connectivity index (χ2v) is 7.77. The van der Waals surface area contributed by atoms with E-state index in [1.54, 1.807) is 16.7 Å². The number of thiocarbonyl (C=S) groups is 1. The molecule has 1 atom stereocenters. The van der Waals surface area contributed by atoms with Crippen LogP contribution in [0.25, 0.3) is 11.3 Å². The zero-order chi connectivity index (χ0) is 17.1. The molecule has 1 aliphatic heterocycles. The molecule has 3 rings (SSSR count). The molecule has 1 amide bonds. The predicted molar refractivity (Wildman–Crippen MR) is 105 cm³/mol. The second-order valence-electron chi connectivity index (χ2n) is 5.48. The molecule has 0 saturated carbocycles. The highest BCUT2D eigenvalue weighted by molar-refractivity contribution is 9.10. The predicted octanol–water partition coefficient (Wildman–Crippen LogP) is 4.05. The fourth-order valence-corrected chi connectivity index (χ4v) is 3.58. The molecule has 0 radical (unpaired) electrons. The number of rotatable bonds is 6. The molecule has 126 valence electrons. The monoisotopic (exact) mass is 424 g/mol. The molecule has 1 saturated heterocycles. The van der Waals surface area contributed by atoms with Crippen molar-refractivity contribution < 1.29 is 9.21 Å². The molecular weight excluding hydrogens is 408 g/mol. The van der Waals surface area contributed by atoms with E-state index < -0.39 is 0 Å². The Kier molecular flexibility index (Phi) is 5.63. The Balaban J connectivity index is 1.69. The SMILES string of the molecule is CSCC[C@H]1NC(=S)N(Cc2ccc(-c3ccc(Br)cc3)o2)C1=O. The van der Waals surface area contributed by atoms with E-state index in [4.69, 9.17) is 16.6 Å². The van der Waals surface area contributed by atoms with E-state index in [-0.39, 0.29) is 11.9 Å². The van der Waals surface area contributed by atoms with Crippen LogP contribution in [0, 0.1) is 0 Å². The van der Waals surface area contributed by atoms with Gasteiger partial charge in [-0.05, 0) is 54.9 Å². The number of nitrogens with zero attached hydrogens (tertiary/aromatic N) is 1. The number of hydrogen-bond donors (Lipinski definition) is 1. The molecule has 24 heavy (non-hydrogen) atoms. The number of carbonyl (C=O) groups excluding carboxylic acids is 1. The number of benzene rings is 1. The third-order valence-electron chi connectivity index (χ3n) is 3.82. The van der Waals surface area contributed by atoms with Crippen LogP contribution < -0.4 is 5.32 Å². The number of amides is 1. The lowest BCUT2D eigenvalue weighted by Gasteiger charge is -2.13. The highest BCUT2D eigenvalue weighted by Gasteiger charge is 2.35. The maximum absolute atomic E-state index is 12.5. The Labute approximate surface area is 159 Å². The first-order chi connectivity index (χ1) is 11.6. The van der Waals surface area contributed by atoms with Crippen molar-refractivity contribution in [2.45, 2.75) is 19.0 Å². The lowest BCUT2D eigenvalue weighted by atomic mass is 10.2. The fraction of sp³-hybridized carbons (Fsp3) is 0.294. The van der Waals surface area contributed by atoms with Crippen LogP contribution in [0.2, 0.25) is 0 Å². The molecule has 1 fully saturated rings. The van der Waals surface area contributed by atoms with Crippen molar-refractivity contribution >= 4 is 50.9 Å². The van der Waals surface area contributed by atoms with E-state index in [0.29, 0.717) is 11.7 Å². The standard InChI is InChI=1S/C17H17BrN2O2S2/c1-24-9-8-14-16(21)20(17(23)19-14)10-13-6-7-15(22-13)11-2-4-12(18)5-3-11/h2-7,14H,8-10H2,1H3,(H,19,23)/t14-/m1/s1. The first-order valence-corrected chi connectivity index (χ1v) is 10.1. The molecule has 0 unspecified atom stereocenters. The van der Waals surface area contributed by atoms with Gasteiger partial charge in [0.05, 0.1) is 6.54 Å². The van der Waals surface area contributed by atoms with Crippen LogP contribution in [0.15, 0.2) is 45.3 Å². The lowest BCUT2D eigenvalue weighted by molar-refractivity contribution is -0.127. The smallest absolute Gasteiger partial charge is 0.251 e. The van der Waals surface area contributed by atoms with Crippen LogP contribution in [-0.4, -0.2) is 34.0 Å². The number of furan rings is 1. The van der Waals surface area contributed by atoms with Gasteiger partial charge in [0.2, 0.25) is 0 Å². The van der Waals surface area contributed by atoms with Crippen LogP contribution in [0.5, 0.6) is 0 Å². The summed E-state index contributed by atoms with van der Waals surface area (Å²) in [6.07, 6.45) is 2.81. The minimum atomic E-state index is -0.217. The Hall–Kier alpha value is -1.31. The molecule has 1 aliphatic rings. The normalized spacial score (nSPS) is 17.4. The van der Waals surface area contributed by atoms with Gasteiger partial charge in [-0.25, -0.2) is 0 Å². The molecule has 7 heteroatoms. The van der Waals surface area contributed by atoms with Gasteiger partial charge in [0, 0.05) is 10.0 Å². The largest absolute Gasteiger partial charge is 0.459 e. The topological polar surface area (TPSA) is 45.5 Å². The van der Waals surface area contributed by atoms with Crippen molar-refractivity contribution in [3.63, 3.8) is 0 Å². The molecule has 0 aliphatic carbocycles. The zero-order valence-corrected chi connectivity index (χ0v) is 16.3. The van der Waals surface area contributed by atoms with E-state index in [0.717, 1.165) is 33.7 Å². The molecule has 1 aromatic carbocycles. The minimum absolute atomic E-state index is 0.0237. The second kappa shape index (κ2) is 7.72. The molecule has 1 aromatic heterocycles. The maximum atomic E-state index is 12.5. The summed E-state index contributed by atoms with van der Waals surface area (Å²) in [5.41, 5.74) is 0.996. The van der Waals surface area contributed by atoms with Gasteiger partial charge in [-0.15, -0.1) is 0 Å². The van der Waals surface area contributed by atoms with Gasteiger partial charge in [0.15, 0.2) is 5.11 Å². The summed E-state index contributed by atoms with van der Waals surface area (Å²) >= 11 is 10.4. The van der Waals surface area contributed by atoms with Crippen molar-refractivity contribution in [2.24, 2.45) is 0 Å². The Morgan fingerprint density at radius 1 is 1.29 bits per heavy atom. The molecule has 1 N–H and O–H groups in total. The Morgan fingerprint density at radius 3 is 2.75 bits per heavy atom. The Bertz CT molecular complexity index is 745. The zero-order valence-electron chi connectivity index (χ0n) is 13.1. The van der Waals surface area contributed by atoms with Crippen molar-refractivity contribution in [1.29, 1.82) is 0 Å². The number of nitrogens with one attached hydrogen (secondary N) is 1. The van der Waals surface area contributed by atoms with Crippen LogP contribution in [0.1, 0.15) is 12.2 Å². The van der Waals surface area contributed by atoms with Gasteiger partial charge >= 0.3 is 0 Å². The van der Waals surface area contributed by atoms with E-state index in [9.17, 15) is 4.79 Å². The van der Waals surface area contributed by atoms with Crippen molar-refractivity contribution in [2.75, 3.05) is 12.0 Å². The molecule has 2 aromatic rings. The summed E-state index contributed by atoms with van der Waals surface area (Å²) in [7, 11) is 0. The summed E-state index contributed by atoms with van der Waals surface area (Å²) in [6.45, 7) is 0.358. The first-order valence-electron chi connectivity index (χ1n) is 7.54. The van der Waals surface area contributed by atoms with Crippen molar-refractivity contribution in [1.82, 2.24) is 10.2 Å². The van der Waals surface area contributed by atoms with Gasteiger partial charge in [0.25, 0.3) is 5.91 Å². The summed E-state index contributed by atoms with van der Waals surface area (Å²) in [5, 5.41) is 3.58. The summed E-state index contributed by atoms with van der Waals surface area (Å²) < 4.78 is 6.91. The summed E-state index contributed by atoms with van der Waals surface area (Å²) in [6, 6.07) is 11.5. The molecule has 0 spiro atoms. The van der Waals surface area contributed by atoms with Gasteiger partial charge in [-0.1, -0.05) is 28.1 Å². The summed E-state index contributed by atoms with van der Waals surface area (Å²) in [4.78, 5) is 14.0. The highest BCUT2D eigenvalue weighted by Crippen LogP contribution is 2.25. The quantitative estimate of drug-likeness (QED) is 0.708. The van der Waals surface area contributed by atoms with Gasteiger partial charge in [-0.2, -0.15) is 11.8 Å². The van der Waals surface area contributed by atoms with Crippen molar-refractivity contribution in [3.8, 4) is 11.3 Å². The van der Waals surface area contributed by atoms with E-state index in [2.05, 4.69) is 21.2 Å². The molecule has 4 nitrogen and oxygen atoms in total. The number of halogens is 1. The van der Waals surface area contributed by atoms with Crippen molar-refractivity contribution in [3.05, 3.63) is 46.6 Å². The van der Waals surface area contributed by atoms with Crippen LogP contribution in [0.4, 0.5) is 0 Å². The van der Waals surface area contributed by atoms with Crippen LogP contribution in [-0.2, 0) is 11.3 Å². The fourth-order valence-electron chi connectivity index (χ4n) is 2.55.